The summed E-state index contributed by atoms with van der Waals surface area (Å²) < 4.78 is 13.9. The molecule has 0 bridgehead atoms. The number of hydrogen-bond donors (Lipinski definition) is 0. The highest BCUT2D eigenvalue weighted by atomic mass is 16.3. The second-order valence-corrected chi connectivity index (χ2v) is 32.2. The van der Waals surface area contributed by atoms with Crippen molar-refractivity contribution in [1.82, 2.24) is 0 Å². The van der Waals surface area contributed by atoms with Crippen molar-refractivity contribution < 1.29 is 8.83 Å². The quantitative estimate of drug-likeness (QED) is 0.142. The third kappa shape index (κ3) is 9.03. The molecule has 0 fully saturated rings. The second-order valence-electron chi connectivity index (χ2n) is 32.2. The van der Waals surface area contributed by atoms with E-state index in [1.807, 2.05) is 0 Å². The highest BCUT2D eigenvalue weighted by Crippen LogP contribution is 2.60. The number of fused-ring (bicyclic) bond motifs is 24. The maximum Gasteiger partial charge on any atom is 0.144 e. The molecule has 0 spiro atoms. The molecule has 0 aliphatic heterocycles. The van der Waals surface area contributed by atoms with Gasteiger partial charge in [0.05, 0.1) is 0 Å². The maximum absolute atomic E-state index is 7.24. The Morgan fingerprint density at radius 2 is 0.688 bits per heavy atom. The van der Waals surface area contributed by atoms with Crippen molar-refractivity contribution in [2.75, 3.05) is 0 Å². The lowest BCUT2D eigenvalue weighted by Gasteiger charge is -2.29. The molecule has 1 unspecified atom stereocenters. The van der Waals surface area contributed by atoms with Crippen molar-refractivity contribution in [3.05, 3.63) is 386 Å². The molecule has 2 heterocycles. The van der Waals surface area contributed by atoms with Gasteiger partial charge in [-0.3, -0.25) is 0 Å². The molecular weight excluding hydrogens is 1350 g/mol. The fourth-order valence-corrected chi connectivity index (χ4v) is 20.9. The highest BCUT2D eigenvalue weighted by Gasteiger charge is 2.44. The van der Waals surface area contributed by atoms with Gasteiger partial charge in [-0.25, -0.2) is 0 Å². The molecule has 0 saturated heterocycles. The molecule has 2 aromatic heterocycles. The number of hydrogen-bond acceptors (Lipinski definition) is 2. The zero-order chi connectivity index (χ0) is 73.8. The van der Waals surface area contributed by atoms with Gasteiger partial charge in [0.25, 0.3) is 0 Å². The Kier molecular flexibility index (Phi) is 13.3. The van der Waals surface area contributed by atoms with Gasteiger partial charge in [-0.1, -0.05) is 318 Å². The van der Waals surface area contributed by atoms with Crippen LogP contribution in [0.2, 0.25) is 0 Å². The van der Waals surface area contributed by atoms with Crippen LogP contribution < -0.4 is 0 Å². The summed E-state index contributed by atoms with van der Waals surface area (Å²) in [5, 5.41) is 24.3. The normalized spacial score (nSPS) is 14.3. The fourth-order valence-electron chi connectivity index (χ4n) is 20.9. The first-order valence-corrected chi connectivity index (χ1v) is 39.3. The fraction of sp³-hybridized carbons (Fsp3) is 0.0545. The van der Waals surface area contributed by atoms with Crippen molar-refractivity contribution in [2.45, 2.75) is 38.0 Å². The molecule has 2 aliphatic rings. The molecule has 112 heavy (non-hydrogen) atoms. The summed E-state index contributed by atoms with van der Waals surface area (Å²) in [6, 6.07) is 135. The number of para-hydroxylation sites is 2. The number of rotatable bonds is 8. The van der Waals surface area contributed by atoms with Crippen LogP contribution in [0.1, 0.15) is 48.6 Å². The zero-order valence-corrected chi connectivity index (χ0v) is 62.1. The number of benzene rings is 20. The standard InChI is InChI=1S/C110H70O2/c1-109(2)95-43-19-16-30-76(95)92-60-89(90-61-91-77-31-17-20-44-97(77)111-99(91)62-93(90)106(92)109)71-27-23-29-73(58-71)101-80-34-8-12-38-84(80)103(85-39-13-9-35-81(85)101)75-51-49-68-54-64(46-47-69(68)57-75)63-110(3)96-53-52-70(59-94(96)105-107(110)87-41-15-14-40-86(87)104-88-42-18-21-45-98(88)112-108(104)105)67-26-22-28-72(56-67)100-78-32-6-10-36-82(78)102(83-37-11-7-33-79(83)100)74-50-48-65-24-4-5-25-66(65)55-74/h4-62H,63H2,1-3H3. The average molecular weight is 1420 g/mol. The van der Waals surface area contributed by atoms with Crippen LogP contribution in [0.25, 0.3) is 219 Å². The molecule has 522 valence electrons. The monoisotopic (exact) mass is 1420 g/mol. The average Bonchev–Trinajstić information content (AvgIpc) is 1.53. The predicted octanol–water partition coefficient (Wildman–Crippen LogP) is 30.5. The Labute approximate surface area is 647 Å². The third-order valence-corrected chi connectivity index (χ3v) is 25.7. The predicted molar refractivity (Wildman–Crippen MR) is 473 cm³/mol. The molecular formula is C110H70O2. The molecule has 2 aliphatic carbocycles. The minimum Gasteiger partial charge on any atom is -0.456 e. The summed E-state index contributed by atoms with van der Waals surface area (Å²) >= 11 is 0. The van der Waals surface area contributed by atoms with Crippen molar-refractivity contribution in [1.29, 1.82) is 0 Å². The van der Waals surface area contributed by atoms with Crippen LogP contribution >= 0.6 is 0 Å². The van der Waals surface area contributed by atoms with E-state index in [1.165, 1.54) is 208 Å². The van der Waals surface area contributed by atoms with Gasteiger partial charge in [-0.15, -0.1) is 0 Å². The van der Waals surface area contributed by atoms with E-state index in [1.54, 1.807) is 0 Å². The summed E-state index contributed by atoms with van der Waals surface area (Å²) in [6.07, 6.45) is 0.781. The van der Waals surface area contributed by atoms with E-state index in [0.29, 0.717) is 0 Å². The van der Waals surface area contributed by atoms with E-state index in [0.717, 1.165) is 44.9 Å². The molecule has 20 aromatic carbocycles. The first-order valence-electron chi connectivity index (χ1n) is 39.3. The molecule has 0 saturated carbocycles. The molecule has 2 nitrogen and oxygen atoms in total. The van der Waals surface area contributed by atoms with E-state index in [4.69, 9.17) is 8.83 Å². The summed E-state index contributed by atoms with van der Waals surface area (Å²) in [5.74, 6) is 0. The minimum absolute atomic E-state index is 0.206. The summed E-state index contributed by atoms with van der Waals surface area (Å²) in [4.78, 5) is 0. The van der Waals surface area contributed by atoms with Crippen LogP contribution in [0, 0.1) is 0 Å². The first kappa shape index (κ1) is 63.1. The van der Waals surface area contributed by atoms with Gasteiger partial charge in [0.2, 0.25) is 0 Å². The van der Waals surface area contributed by atoms with Gasteiger partial charge in [-0.2, -0.15) is 0 Å². The van der Waals surface area contributed by atoms with Crippen LogP contribution in [-0.4, -0.2) is 0 Å². The lowest BCUT2D eigenvalue weighted by Crippen LogP contribution is -2.24. The SMILES string of the molecule is CC1(C)c2ccccc2-c2cc(-c3cccc(-c4c5ccccc5c(-c5ccc6cc(CC7(C)c8ccc(-c9cccc(-c%10c%11ccccc%11c(-c%11ccc%12ccccc%12c%11)c%11ccccc%10%11)c9)cc8-c8c7c7ccccc7c7c8oc8ccccc87)ccc6c5)c5ccccc45)c3)c3cc4c(cc3c21)oc1ccccc14. The maximum atomic E-state index is 7.24. The summed E-state index contributed by atoms with van der Waals surface area (Å²) in [5.41, 5.74) is 29.2. The third-order valence-electron chi connectivity index (χ3n) is 25.7. The smallest absolute Gasteiger partial charge is 0.144 e. The van der Waals surface area contributed by atoms with Crippen molar-refractivity contribution in [3.63, 3.8) is 0 Å². The van der Waals surface area contributed by atoms with Crippen LogP contribution in [-0.2, 0) is 17.3 Å². The number of furan rings is 2. The van der Waals surface area contributed by atoms with Gasteiger partial charge >= 0.3 is 0 Å². The molecule has 2 heteroatoms. The summed E-state index contributed by atoms with van der Waals surface area (Å²) in [7, 11) is 0. The van der Waals surface area contributed by atoms with Gasteiger partial charge in [0.1, 0.15) is 22.3 Å². The van der Waals surface area contributed by atoms with Crippen molar-refractivity contribution in [2.24, 2.45) is 0 Å². The van der Waals surface area contributed by atoms with Crippen LogP contribution in [0.15, 0.2) is 367 Å². The molecule has 0 N–H and O–H groups in total. The Bertz CT molecular complexity index is 7790. The Balaban J connectivity index is 0.621. The van der Waals surface area contributed by atoms with Crippen LogP contribution in [0.5, 0.6) is 0 Å². The first-order chi connectivity index (χ1) is 55.1. The van der Waals surface area contributed by atoms with Crippen molar-refractivity contribution in [3.8, 4) is 89.0 Å². The molecule has 0 amide bonds. The van der Waals surface area contributed by atoms with E-state index in [-0.39, 0.29) is 5.41 Å². The van der Waals surface area contributed by atoms with E-state index < -0.39 is 5.41 Å². The van der Waals surface area contributed by atoms with Gasteiger partial charge in [-0.05, 0) is 265 Å². The van der Waals surface area contributed by atoms with Crippen LogP contribution in [0.3, 0.4) is 0 Å². The van der Waals surface area contributed by atoms with Crippen molar-refractivity contribution >= 4 is 130 Å². The van der Waals surface area contributed by atoms with E-state index >= 15 is 0 Å². The lowest BCUT2D eigenvalue weighted by atomic mass is 9.73. The van der Waals surface area contributed by atoms with Gasteiger partial charge < -0.3 is 8.83 Å². The Morgan fingerprint density at radius 1 is 0.223 bits per heavy atom. The second kappa shape index (κ2) is 23.5. The molecule has 24 rings (SSSR count). The van der Waals surface area contributed by atoms with E-state index in [2.05, 4.69) is 379 Å². The lowest BCUT2D eigenvalue weighted by molar-refractivity contribution is 0.587. The topological polar surface area (TPSA) is 26.3 Å². The van der Waals surface area contributed by atoms with Gasteiger partial charge in [0.15, 0.2) is 0 Å². The summed E-state index contributed by atoms with van der Waals surface area (Å²) in [6.45, 7) is 7.26. The Morgan fingerprint density at radius 3 is 1.33 bits per heavy atom. The van der Waals surface area contributed by atoms with Crippen LogP contribution in [0.4, 0.5) is 0 Å². The van der Waals surface area contributed by atoms with Gasteiger partial charge in [0, 0.05) is 37.9 Å². The molecule has 0 radical (unpaired) electrons. The zero-order valence-electron chi connectivity index (χ0n) is 62.1. The Hall–Kier alpha value is -13.9. The molecule has 1 atom stereocenters. The highest BCUT2D eigenvalue weighted by molar-refractivity contribution is 6.27. The minimum atomic E-state index is -0.449. The molecule has 22 aromatic rings. The van der Waals surface area contributed by atoms with E-state index in [9.17, 15) is 0 Å². The largest absolute Gasteiger partial charge is 0.456 e.